The molecule has 2 unspecified atom stereocenters. The normalized spacial score (nSPS) is 26.9. The Morgan fingerprint density at radius 2 is 2.17 bits per heavy atom. The molecule has 0 amide bonds. The highest BCUT2D eigenvalue weighted by atomic mass is 16.5. The van der Waals surface area contributed by atoms with Crippen LogP contribution in [0.15, 0.2) is 0 Å². The number of fused-ring (bicyclic) bond motifs is 1. The van der Waals surface area contributed by atoms with E-state index in [2.05, 4.69) is 16.7 Å². The fraction of sp³-hybridized carbons (Fsp3) is 0.929. The first kappa shape index (κ1) is 13.8. The molecule has 0 aromatic carbocycles. The number of carbonyl (C=O) groups excluding carboxylic acids is 1. The molecule has 2 rings (SSSR count). The molecular weight excluding hydrogens is 228 g/mol. The van der Waals surface area contributed by atoms with Gasteiger partial charge in [-0.3, -0.25) is 14.6 Å². The van der Waals surface area contributed by atoms with Gasteiger partial charge in [0, 0.05) is 25.7 Å². The molecule has 4 nitrogen and oxygen atoms in total. The minimum Gasteiger partial charge on any atom is -0.465 e. The highest BCUT2D eigenvalue weighted by molar-refractivity contribution is 5.75. The van der Waals surface area contributed by atoms with Gasteiger partial charge in [-0.25, -0.2) is 0 Å². The van der Waals surface area contributed by atoms with E-state index in [1.54, 1.807) is 0 Å². The molecule has 2 atom stereocenters. The van der Waals surface area contributed by atoms with Crippen LogP contribution in [0.2, 0.25) is 0 Å². The van der Waals surface area contributed by atoms with Gasteiger partial charge in [-0.15, -0.1) is 0 Å². The van der Waals surface area contributed by atoms with Gasteiger partial charge in [0.15, 0.2) is 0 Å². The molecule has 2 fully saturated rings. The zero-order valence-corrected chi connectivity index (χ0v) is 11.7. The van der Waals surface area contributed by atoms with Gasteiger partial charge in [0.25, 0.3) is 0 Å². The number of rotatable bonds is 5. The molecule has 2 heterocycles. The summed E-state index contributed by atoms with van der Waals surface area (Å²) < 4.78 is 5.23. The number of hydrogen-bond acceptors (Lipinski definition) is 4. The van der Waals surface area contributed by atoms with Gasteiger partial charge in [-0.2, -0.15) is 0 Å². The molecule has 104 valence electrons. The average Bonchev–Trinajstić information content (AvgIpc) is 2.83. The Hall–Kier alpha value is -0.610. The molecule has 0 radical (unpaired) electrons. The topological polar surface area (TPSA) is 32.8 Å². The molecule has 0 spiro atoms. The lowest BCUT2D eigenvalue weighted by Crippen LogP contribution is -2.55. The summed E-state index contributed by atoms with van der Waals surface area (Å²) in [5.74, 6) is -0.0224. The minimum absolute atomic E-state index is 0.0160. The van der Waals surface area contributed by atoms with Crippen molar-refractivity contribution in [3.05, 3.63) is 0 Å². The standard InChI is InChI=1S/C14H26N2O2/c1-3-6-13(14(17)18-4-2)16-10-9-15-8-5-7-12(15)11-16/h12-13H,3-11H2,1-2H3. The van der Waals surface area contributed by atoms with Crippen molar-refractivity contribution >= 4 is 5.97 Å². The average molecular weight is 254 g/mol. The fourth-order valence-corrected chi connectivity index (χ4v) is 3.26. The molecule has 0 aromatic rings. The van der Waals surface area contributed by atoms with Crippen molar-refractivity contribution in [1.82, 2.24) is 9.80 Å². The van der Waals surface area contributed by atoms with Crippen molar-refractivity contribution in [3.63, 3.8) is 0 Å². The maximum Gasteiger partial charge on any atom is 0.323 e. The maximum absolute atomic E-state index is 12.0. The van der Waals surface area contributed by atoms with E-state index in [0.29, 0.717) is 12.6 Å². The van der Waals surface area contributed by atoms with Crippen molar-refractivity contribution < 1.29 is 9.53 Å². The van der Waals surface area contributed by atoms with E-state index in [4.69, 9.17) is 4.74 Å². The van der Waals surface area contributed by atoms with Crippen LogP contribution in [0.1, 0.15) is 39.5 Å². The molecule has 4 heteroatoms. The highest BCUT2D eigenvalue weighted by Gasteiger charge is 2.35. The lowest BCUT2D eigenvalue weighted by atomic mass is 10.1. The van der Waals surface area contributed by atoms with Crippen LogP contribution in [0.25, 0.3) is 0 Å². The summed E-state index contributed by atoms with van der Waals surface area (Å²) in [4.78, 5) is 17.0. The van der Waals surface area contributed by atoms with Crippen LogP contribution < -0.4 is 0 Å². The number of ether oxygens (including phenoxy) is 1. The summed E-state index contributed by atoms with van der Waals surface area (Å²) in [6.07, 6.45) is 4.56. The first-order valence-corrected chi connectivity index (χ1v) is 7.41. The Balaban J connectivity index is 1.95. The van der Waals surface area contributed by atoms with Crippen molar-refractivity contribution in [3.8, 4) is 0 Å². The Bertz CT molecular complexity index is 283. The first-order valence-electron chi connectivity index (χ1n) is 7.41. The van der Waals surface area contributed by atoms with Crippen LogP contribution in [0.4, 0.5) is 0 Å². The second kappa shape index (κ2) is 6.53. The quantitative estimate of drug-likeness (QED) is 0.696. The predicted octanol–water partition coefficient (Wildman–Crippen LogP) is 1.50. The second-order valence-corrected chi connectivity index (χ2v) is 5.38. The summed E-state index contributed by atoms with van der Waals surface area (Å²) >= 11 is 0. The Labute approximate surface area is 110 Å². The van der Waals surface area contributed by atoms with Crippen molar-refractivity contribution in [2.45, 2.75) is 51.6 Å². The molecule has 0 bridgehead atoms. The number of piperazine rings is 1. The van der Waals surface area contributed by atoms with Crippen molar-refractivity contribution in [2.24, 2.45) is 0 Å². The minimum atomic E-state index is -0.0224. The Morgan fingerprint density at radius 1 is 1.33 bits per heavy atom. The molecule has 2 saturated heterocycles. The lowest BCUT2D eigenvalue weighted by molar-refractivity contribution is -0.151. The first-order chi connectivity index (χ1) is 8.76. The molecule has 0 saturated carbocycles. The third-order valence-electron chi connectivity index (χ3n) is 4.18. The van der Waals surface area contributed by atoms with E-state index in [1.807, 2.05) is 6.92 Å². The molecule has 0 aliphatic carbocycles. The third kappa shape index (κ3) is 3.04. The van der Waals surface area contributed by atoms with Gasteiger partial charge in [-0.1, -0.05) is 13.3 Å². The van der Waals surface area contributed by atoms with E-state index in [0.717, 1.165) is 32.5 Å². The van der Waals surface area contributed by atoms with Crippen LogP contribution in [0.3, 0.4) is 0 Å². The number of esters is 1. The molecule has 18 heavy (non-hydrogen) atoms. The van der Waals surface area contributed by atoms with Crippen LogP contribution in [0, 0.1) is 0 Å². The second-order valence-electron chi connectivity index (χ2n) is 5.38. The molecule has 2 aliphatic heterocycles. The predicted molar refractivity (Wildman–Crippen MR) is 71.5 cm³/mol. The van der Waals surface area contributed by atoms with Gasteiger partial charge in [0.2, 0.25) is 0 Å². The fourth-order valence-electron chi connectivity index (χ4n) is 3.26. The van der Waals surface area contributed by atoms with Gasteiger partial charge < -0.3 is 4.74 Å². The number of carbonyl (C=O) groups is 1. The highest BCUT2D eigenvalue weighted by Crippen LogP contribution is 2.24. The Kier molecular flexibility index (Phi) is 5.01. The molecule has 0 aromatic heterocycles. The third-order valence-corrected chi connectivity index (χ3v) is 4.18. The van der Waals surface area contributed by atoms with Crippen LogP contribution in [-0.4, -0.2) is 60.6 Å². The maximum atomic E-state index is 12.0. The van der Waals surface area contributed by atoms with Gasteiger partial charge in [0.1, 0.15) is 6.04 Å². The summed E-state index contributed by atoms with van der Waals surface area (Å²) in [6, 6.07) is 0.658. The van der Waals surface area contributed by atoms with Crippen LogP contribution in [0.5, 0.6) is 0 Å². The van der Waals surface area contributed by atoms with E-state index >= 15 is 0 Å². The number of nitrogens with zero attached hydrogens (tertiary/aromatic N) is 2. The lowest BCUT2D eigenvalue weighted by Gasteiger charge is -2.40. The largest absolute Gasteiger partial charge is 0.465 e. The van der Waals surface area contributed by atoms with Crippen LogP contribution >= 0.6 is 0 Å². The SMILES string of the molecule is CCCC(C(=O)OCC)N1CCN2CCCC2C1. The monoisotopic (exact) mass is 254 g/mol. The summed E-state index contributed by atoms with van der Waals surface area (Å²) in [5.41, 5.74) is 0. The van der Waals surface area contributed by atoms with Crippen molar-refractivity contribution in [2.75, 3.05) is 32.8 Å². The van der Waals surface area contributed by atoms with Gasteiger partial charge in [-0.05, 0) is 32.7 Å². The molecule has 0 N–H and O–H groups in total. The van der Waals surface area contributed by atoms with E-state index in [9.17, 15) is 4.79 Å². The van der Waals surface area contributed by atoms with Gasteiger partial charge in [0.05, 0.1) is 6.61 Å². The molecule has 2 aliphatic rings. The number of hydrogen-bond donors (Lipinski definition) is 0. The van der Waals surface area contributed by atoms with E-state index in [1.165, 1.54) is 19.4 Å². The summed E-state index contributed by atoms with van der Waals surface area (Å²) in [5, 5.41) is 0. The smallest absolute Gasteiger partial charge is 0.323 e. The molecular formula is C14H26N2O2. The van der Waals surface area contributed by atoms with E-state index < -0.39 is 0 Å². The van der Waals surface area contributed by atoms with E-state index in [-0.39, 0.29) is 12.0 Å². The Morgan fingerprint density at radius 3 is 2.89 bits per heavy atom. The van der Waals surface area contributed by atoms with Crippen LogP contribution in [-0.2, 0) is 9.53 Å². The summed E-state index contributed by atoms with van der Waals surface area (Å²) in [6.45, 7) is 8.93. The van der Waals surface area contributed by atoms with Gasteiger partial charge >= 0.3 is 5.97 Å². The summed E-state index contributed by atoms with van der Waals surface area (Å²) in [7, 11) is 0. The van der Waals surface area contributed by atoms with Crippen molar-refractivity contribution in [1.29, 1.82) is 0 Å². The zero-order chi connectivity index (χ0) is 13.0. The zero-order valence-electron chi connectivity index (χ0n) is 11.7.